The van der Waals surface area contributed by atoms with Crippen molar-refractivity contribution in [2.45, 2.75) is 78.0 Å². The fourth-order valence-electron chi connectivity index (χ4n) is 5.42. The van der Waals surface area contributed by atoms with Gasteiger partial charge in [0.1, 0.15) is 0 Å². The predicted octanol–water partition coefficient (Wildman–Crippen LogP) is 4.90. The Morgan fingerprint density at radius 1 is 1.03 bits per heavy atom. The number of hydrogen-bond acceptors (Lipinski definition) is 2. The summed E-state index contributed by atoms with van der Waals surface area (Å²) in [6.45, 7) is 12.7. The van der Waals surface area contributed by atoms with Crippen LogP contribution in [-0.2, 0) is 6.42 Å². The molecule has 2 aromatic carbocycles. The second-order valence-corrected chi connectivity index (χ2v) is 10.3. The Labute approximate surface area is 194 Å². The first-order valence-corrected chi connectivity index (χ1v) is 11.8. The van der Waals surface area contributed by atoms with Crippen molar-refractivity contribution in [1.82, 2.24) is 0 Å². The lowest BCUT2D eigenvalue weighted by molar-refractivity contribution is -0.931. The van der Waals surface area contributed by atoms with Crippen LogP contribution in [0.5, 0.6) is 0 Å². The van der Waals surface area contributed by atoms with E-state index >= 15 is 0 Å². The van der Waals surface area contributed by atoms with E-state index in [2.05, 4.69) is 97.8 Å². The average molecular weight is 435 g/mol. The van der Waals surface area contributed by atoms with Gasteiger partial charge in [0, 0.05) is 12.0 Å². The molecule has 0 saturated carbocycles. The Bertz CT molecular complexity index is 1060. The maximum Gasteiger partial charge on any atom is 0.187 e. The van der Waals surface area contributed by atoms with Gasteiger partial charge in [-0.3, -0.25) is 0 Å². The molecule has 3 nitrogen and oxygen atoms in total. The van der Waals surface area contributed by atoms with Crippen molar-refractivity contribution in [2.24, 2.45) is 0 Å². The minimum absolute atomic E-state index is 0.0573. The van der Waals surface area contributed by atoms with Crippen LogP contribution >= 0.6 is 0 Å². The van der Waals surface area contributed by atoms with Crippen molar-refractivity contribution < 1.29 is 14.7 Å². The Kier molecular flexibility index (Phi) is 6.91. The van der Waals surface area contributed by atoms with E-state index in [1.165, 1.54) is 22.3 Å². The number of rotatable bonds is 4. The van der Waals surface area contributed by atoms with Crippen molar-refractivity contribution in [3.63, 3.8) is 0 Å². The van der Waals surface area contributed by atoms with Crippen LogP contribution in [-0.4, -0.2) is 47.0 Å². The molecule has 32 heavy (non-hydrogen) atoms. The third kappa shape index (κ3) is 4.37. The fraction of sp³-hybridized carbons (Fsp3) is 0.517. The number of likely N-dealkylation sites (N-methyl/N-ethyl adjacent to an activating group) is 1. The lowest BCUT2D eigenvalue weighted by Crippen LogP contribution is -2.47. The molecule has 2 N–H and O–H groups in total. The van der Waals surface area contributed by atoms with Gasteiger partial charge in [0.05, 0.1) is 32.7 Å². The summed E-state index contributed by atoms with van der Waals surface area (Å²) in [6, 6.07) is 11.0. The lowest BCUT2D eigenvalue weighted by atomic mass is 9.85. The summed E-state index contributed by atoms with van der Waals surface area (Å²) in [7, 11) is 4.37. The Hall–Kier alpha value is -2.12. The summed E-state index contributed by atoms with van der Waals surface area (Å²) in [5.41, 5.74) is 7.22. The van der Waals surface area contributed by atoms with Crippen molar-refractivity contribution in [1.29, 1.82) is 0 Å². The standard InChI is InChI=1S/C29H40NO2/c1-9-24-16-27(22(5)14-21(24)4)26(18-31)12-13-29(32)17-23(6)30(7,8)28(29)25-11-10-19(2)20(3)15-25/h10-11,14-16,23,26,28,31-32H,9,17-18H2,1-8H3/q+1. The predicted molar refractivity (Wildman–Crippen MR) is 133 cm³/mol. The number of likely N-dealkylation sites (tertiary alicyclic amines) is 1. The zero-order chi connectivity index (χ0) is 23.8. The van der Waals surface area contributed by atoms with Gasteiger partial charge in [-0.05, 0) is 80.5 Å². The second kappa shape index (κ2) is 9.02. The molecule has 0 bridgehead atoms. The van der Waals surface area contributed by atoms with E-state index < -0.39 is 5.60 Å². The molecule has 2 aromatic rings. The molecule has 3 rings (SSSR count). The van der Waals surface area contributed by atoms with Crippen molar-refractivity contribution in [3.8, 4) is 11.8 Å². The minimum atomic E-state index is -1.15. The number of quaternary nitrogens is 1. The van der Waals surface area contributed by atoms with E-state index in [-0.39, 0.29) is 24.6 Å². The molecule has 1 aliphatic rings. The van der Waals surface area contributed by atoms with Crippen LogP contribution < -0.4 is 0 Å². The fourth-order valence-corrected chi connectivity index (χ4v) is 5.42. The van der Waals surface area contributed by atoms with Crippen LogP contribution in [0.4, 0.5) is 0 Å². The maximum absolute atomic E-state index is 11.9. The number of aryl methyl sites for hydroxylation is 5. The summed E-state index contributed by atoms with van der Waals surface area (Å²) < 4.78 is 0.682. The van der Waals surface area contributed by atoms with Crippen molar-refractivity contribution in [2.75, 3.05) is 20.7 Å². The van der Waals surface area contributed by atoms with Gasteiger partial charge < -0.3 is 14.7 Å². The van der Waals surface area contributed by atoms with Gasteiger partial charge in [-0.2, -0.15) is 0 Å². The molecule has 1 aliphatic heterocycles. The highest BCUT2D eigenvalue weighted by atomic mass is 16.3. The van der Waals surface area contributed by atoms with Crippen LogP contribution in [0, 0.1) is 39.5 Å². The zero-order valence-corrected chi connectivity index (χ0v) is 21.1. The first kappa shape index (κ1) is 24.5. The first-order valence-electron chi connectivity index (χ1n) is 11.8. The van der Waals surface area contributed by atoms with Gasteiger partial charge in [-0.1, -0.05) is 43.0 Å². The van der Waals surface area contributed by atoms with E-state index in [0.29, 0.717) is 10.9 Å². The molecule has 0 radical (unpaired) electrons. The zero-order valence-electron chi connectivity index (χ0n) is 21.1. The molecule has 1 saturated heterocycles. The third-order valence-corrected chi connectivity index (χ3v) is 7.83. The molecular weight excluding hydrogens is 394 g/mol. The molecule has 4 unspecified atom stereocenters. The van der Waals surface area contributed by atoms with Crippen LogP contribution in [0.3, 0.4) is 0 Å². The first-order chi connectivity index (χ1) is 14.9. The highest BCUT2D eigenvalue weighted by Crippen LogP contribution is 2.47. The Balaban J connectivity index is 2.07. The van der Waals surface area contributed by atoms with Crippen LogP contribution in [0.25, 0.3) is 0 Å². The topological polar surface area (TPSA) is 40.5 Å². The summed E-state index contributed by atoms with van der Waals surface area (Å²) in [5, 5.41) is 22.1. The van der Waals surface area contributed by atoms with E-state index in [1.807, 2.05) is 0 Å². The van der Waals surface area contributed by atoms with Gasteiger partial charge in [0.25, 0.3) is 0 Å². The van der Waals surface area contributed by atoms with Gasteiger partial charge in [0.15, 0.2) is 11.6 Å². The van der Waals surface area contributed by atoms with E-state index in [9.17, 15) is 10.2 Å². The van der Waals surface area contributed by atoms with Gasteiger partial charge in [-0.25, -0.2) is 0 Å². The number of aliphatic hydroxyl groups excluding tert-OH is 1. The third-order valence-electron chi connectivity index (χ3n) is 7.83. The molecule has 1 heterocycles. The molecular formula is C29H40NO2+. The second-order valence-electron chi connectivity index (χ2n) is 10.3. The number of nitrogens with zero attached hydrogens (tertiary/aromatic N) is 1. The number of hydrogen-bond donors (Lipinski definition) is 2. The van der Waals surface area contributed by atoms with Crippen LogP contribution in [0.1, 0.15) is 71.2 Å². The van der Waals surface area contributed by atoms with E-state index in [1.54, 1.807) is 0 Å². The molecule has 172 valence electrons. The molecule has 3 heteroatoms. The normalized spacial score (nSPS) is 25.3. The molecule has 0 spiro atoms. The Morgan fingerprint density at radius 3 is 2.31 bits per heavy atom. The monoisotopic (exact) mass is 434 g/mol. The number of aliphatic hydroxyl groups is 2. The van der Waals surface area contributed by atoms with E-state index in [4.69, 9.17) is 0 Å². The maximum atomic E-state index is 11.9. The summed E-state index contributed by atoms with van der Waals surface area (Å²) in [6.07, 6.45) is 1.56. The van der Waals surface area contributed by atoms with E-state index in [0.717, 1.165) is 23.1 Å². The van der Waals surface area contributed by atoms with Gasteiger partial charge >= 0.3 is 0 Å². The summed E-state index contributed by atoms with van der Waals surface area (Å²) >= 11 is 0. The van der Waals surface area contributed by atoms with Crippen LogP contribution in [0.2, 0.25) is 0 Å². The minimum Gasteiger partial charge on any atom is -0.395 e. The average Bonchev–Trinajstić information content (AvgIpc) is 2.90. The summed E-state index contributed by atoms with van der Waals surface area (Å²) in [4.78, 5) is 0. The van der Waals surface area contributed by atoms with Crippen LogP contribution in [0.15, 0.2) is 30.3 Å². The van der Waals surface area contributed by atoms with Crippen molar-refractivity contribution in [3.05, 3.63) is 69.3 Å². The highest BCUT2D eigenvalue weighted by molar-refractivity contribution is 5.43. The molecule has 0 aromatic heterocycles. The smallest absolute Gasteiger partial charge is 0.187 e. The van der Waals surface area contributed by atoms with Gasteiger partial charge in [0.2, 0.25) is 0 Å². The molecule has 0 aliphatic carbocycles. The lowest BCUT2D eigenvalue weighted by Gasteiger charge is -2.38. The van der Waals surface area contributed by atoms with Crippen molar-refractivity contribution >= 4 is 0 Å². The molecule has 1 fully saturated rings. The summed E-state index contributed by atoms with van der Waals surface area (Å²) in [5.74, 6) is 6.28. The molecule has 0 amide bonds. The Morgan fingerprint density at radius 2 is 1.72 bits per heavy atom. The largest absolute Gasteiger partial charge is 0.395 e. The number of benzene rings is 2. The quantitative estimate of drug-likeness (QED) is 0.531. The van der Waals surface area contributed by atoms with Gasteiger partial charge in [-0.15, -0.1) is 0 Å². The SMILES string of the molecule is CCc1cc(C(C#CC2(O)CC(C)[N+](C)(C)C2c2ccc(C)c(C)c2)CO)c(C)cc1C. The highest BCUT2D eigenvalue weighted by Gasteiger charge is 2.57. The molecule has 4 atom stereocenters.